The first-order chi connectivity index (χ1) is 15.1. The van der Waals surface area contributed by atoms with Gasteiger partial charge in [0.25, 0.3) is 0 Å². The molecule has 1 aromatic heterocycles. The summed E-state index contributed by atoms with van der Waals surface area (Å²) in [5.41, 5.74) is 2.90. The monoisotopic (exact) mass is 422 g/mol. The number of amides is 1. The van der Waals surface area contributed by atoms with Crippen molar-refractivity contribution in [3.05, 3.63) is 54.1 Å². The number of nitrogens with one attached hydrogen (secondary N) is 1. The lowest BCUT2D eigenvalue weighted by molar-refractivity contribution is -0.117. The van der Waals surface area contributed by atoms with Crippen LogP contribution in [0.5, 0.6) is 0 Å². The van der Waals surface area contributed by atoms with Crippen LogP contribution in [0.25, 0.3) is 11.4 Å². The molecule has 4 rings (SSSR count). The van der Waals surface area contributed by atoms with Gasteiger partial charge in [-0.1, -0.05) is 0 Å². The van der Waals surface area contributed by atoms with Crippen molar-refractivity contribution in [1.29, 1.82) is 0 Å². The molecule has 10 heteroatoms. The summed E-state index contributed by atoms with van der Waals surface area (Å²) in [6, 6.07) is 14.3. The van der Waals surface area contributed by atoms with Gasteiger partial charge in [-0.15, -0.1) is 10.2 Å². The Hall–Kier alpha value is -3.79. The van der Waals surface area contributed by atoms with E-state index in [1.807, 2.05) is 24.3 Å². The number of nitrogens with zero attached hydrogens (tertiary/aromatic N) is 5. The summed E-state index contributed by atoms with van der Waals surface area (Å²) in [5.74, 6) is -0.295. The second-order valence-corrected chi connectivity index (χ2v) is 6.91. The number of morpholine rings is 1. The Bertz CT molecular complexity index is 1040. The van der Waals surface area contributed by atoms with Crippen molar-refractivity contribution < 1.29 is 19.1 Å². The van der Waals surface area contributed by atoms with Crippen LogP contribution in [0.3, 0.4) is 0 Å². The van der Waals surface area contributed by atoms with Crippen LogP contribution in [-0.4, -0.2) is 65.5 Å². The van der Waals surface area contributed by atoms with Crippen molar-refractivity contribution in [1.82, 2.24) is 20.2 Å². The van der Waals surface area contributed by atoms with Crippen LogP contribution in [0.15, 0.2) is 48.5 Å². The number of rotatable bonds is 6. The zero-order chi connectivity index (χ0) is 21.6. The lowest BCUT2D eigenvalue weighted by atomic mass is 10.2. The Kier molecular flexibility index (Phi) is 6.18. The van der Waals surface area contributed by atoms with Crippen molar-refractivity contribution in [2.75, 3.05) is 43.6 Å². The third kappa shape index (κ3) is 5.04. The third-order valence-corrected chi connectivity index (χ3v) is 4.83. The summed E-state index contributed by atoms with van der Waals surface area (Å²) in [7, 11) is 1.32. The molecule has 1 aliphatic heterocycles. The van der Waals surface area contributed by atoms with E-state index in [1.54, 1.807) is 24.3 Å². The molecule has 2 aromatic carbocycles. The van der Waals surface area contributed by atoms with Crippen molar-refractivity contribution in [3.8, 4) is 11.4 Å². The van der Waals surface area contributed by atoms with Gasteiger partial charge < -0.3 is 19.7 Å². The molecule has 0 aliphatic carbocycles. The van der Waals surface area contributed by atoms with Crippen LogP contribution in [-0.2, 0) is 20.8 Å². The first kappa shape index (κ1) is 20.5. The molecule has 1 saturated heterocycles. The van der Waals surface area contributed by atoms with Gasteiger partial charge in [-0.05, 0) is 53.7 Å². The SMILES string of the molecule is COC(=O)c1ccc(NC(=O)Cn2nnc(-c3ccc(N4CCOCC4)cc3)n2)cc1. The van der Waals surface area contributed by atoms with E-state index in [2.05, 4.69) is 30.4 Å². The smallest absolute Gasteiger partial charge is 0.337 e. The summed E-state index contributed by atoms with van der Waals surface area (Å²) in [5, 5.41) is 15.0. The van der Waals surface area contributed by atoms with Crippen LogP contribution in [0.4, 0.5) is 11.4 Å². The zero-order valence-corrected chi connectivity index (χ0v) is 17.0. The average molecular weight is 422 g/mol. The number of ether oxygens (including phenoxy) is 2. The minimum absolute atomic E-state index is 0.0857. The van der Waals surface area contributed by atoms with E-state index < -0.39 is 5.97 Å². The number of methoxy groups -OCH3 is 1. The van der Waals surface area contributed by atoms with Gasteiger partial charge in [-0.3, -0.25) is 4.79 Å². The first-order valence-corrected chi connectivity index (χ1v) is 9.81. The molecule has 1 amide bonds. The molecule has 0 saturated carbocycles. The summed E-state index contributed by atoms with van der Waals surface area (Å²) in [6.07, 6.45) is 0. The molecule has 1 N–H and O–H groups in total. The number of hydrogen-bond donors (Lipinski definition) is 1. The quantitative estimate of drug-likeness (QED) is 0.597. The van der Waals surface area contributed by atoms with Crippen molar-refractivity contribution in [2.24, 2.45) is 0 Å². The van der Waals surface area contributed by atoms with Crippen LogP contribution < -0.4 is 10.2 Å². The maximum Gasteiger partial charge on any atom is 0.337 e. The lowest BCUT2D eigenvalue weighted by Gasteiger charge is -2.28. The van der Waals surface area contributed by atoms with E-state index >= 15 is 0 Å². The number of aromatic nitrogens is 4. The van der Waals surface area contributed by atoms with Crippen molar-refractivity contribution in [2.45, 2.75) is 6.54 Å². The summed E-state index contributed by atoms with van der Waals surface area (Å²) >= 11 is 0. The maximum absolute atomic E-state index is 12.3. The molecule has 31 heavy (non-hydrogen) atoms. The van der Waals surface area contributed by atoms with E-state index in [0.29, 0.717) is 17.1 Å². The number of carbonyl (C=O) groups excluding carboxylic acids is 2. The van der Waals surface area contributed by atoms with E-state index in [1.165, 1.54) is 11.9 Å². The highest BCUT2D eigenvalue weighted by Gasteiger charge is 2.13. The van der Waals surface area contributed by atoms with E-state index in [9.17, 15) is 9.59 Å². The summed E-state index contributed by atoms with van der Waals surface area (Å²) in [6.45, 7) is 3.12. The van der Waals surface area contributed by atoms with Crippen molar-refractivity contribution in [3.63, 3.8) is 0 Å². The van der Waals surface area contributed by atoms with Gasteiger partial charge in [0.15, 0.2) is 0 Å². The molecular formula is C21H22N6O4. The number of esters is 1. The van der Waals surface area contributed by atoms with E-state index in [0.717, 1.165) is 37.6 Å². The lowest BCUT2D eigenvalue weighted by Crippen LogP contribution is -2.36. The largest absolute Gasteiger partial charge is 0.465 e. The molecule has 0 atom stereocenters. The molecule has 3 aromatic rings. The van der Waals surface area contributed by atoms with Gasteiger partial charge in [0.1, 0.15) is 6.54 Å². The second kappa shape index (κ2) is 9.35. The topological polar surface area (TPSA) is 111 Å². The Morgan fingerprint density at radius 3 is 2.45 bits per heavy atom. The summed E-state index contributed by atoms with van der Waals surface area (Å²) < 4.78 is 10.0. The van der Waals surface area contributed by atoms with Gasteiger partial charge >= 0.3 is 5.97 Å². The van der Waals surface area contributed by atoms with Crippen LogP contribution in [0, 0.1) is 0 Å². The third-order valence-electron chi connectivity index (χ3n) is 4.83. The molecule has 2 heterocycles. The fourth-order valence-corrected chi connectivity index (χ4v) is 3.21. The molecular weight excluding hydrogens is 400 g/mol. The highest BCUT2D eigenvalue weighted by molar-refractivity contribution is 5.92. The predicted octanol–water partition coefficient (Wildman–Crippen LogP) is 1.60. The fraction of sp³-hybridized carbons (Fsp3) is 0.286. The predicted molar refractivity (Wildman–Crippen MR) is 113 cm³/mol. The van der Waals surface area contributed by atoms with Gasteiger partial charge in [-0.25, -0.2) is 4.79 Å². The van der Waals surface area contributed by atoms with Gasteiger partial charge in [-0.2, -0.15) is 4.80 Å². The molecule has 10 nitrogen and oxygen atoms in total. The number of carbonyl (C=O) groups is 2. The zero-order valence-electron chi connectivity index (χ0n) is 17.0. The first-order valence-electron chi connectivity index (χ1n) is 9.81. The molecule has 1 fully saturated rings. The Balaban J connectivity index is 1.35. The minimum Gasteiger partial charge on any atom is -0.465 e. The summed E-state index contributed by atoms with van der Waals surface area (Å²) in [4.78, 5) is 27.2. The molecule has 0 bridgehead atoms. The molecule has 160 valence electrons. The normalized spacial score (nSPS) is 13.6. The van der Waals surface area contributed by atoms with Crippen molar-refractivity contribution >= 4 is 23.3 Å². The number of benzene rings is 2. The van der Waals surface area contributed by atoms with Gasteiger partial charge in [0, 0.05) is 30.0 Å². The minimum atomic E-state index is -0.435. The number of tetrazole rings is 1. The standard InChI is InChI=1S/C21H22N6O4/c1-30-21(29)16-2-6-17(7-3-16)22-19(28)14-27-24-20(23-25-27)15-4-8-18(9-5-15)26-10-12-31-13-11-26/h2-9H,10-14H2,1H3,(H,22,28). The number of anilines is 2. The van der Waals surface area contributed by atoms with E-state index in [4.69, 9.17) is 4.74 Å². The highest BCUT2D eigenvalue weighted by atomic mass is 16.5. The molecule has 1 aliphatic rings. The van der Waals surface area contributed by atoms with Crippen LogP contribution in [0.1, 0.15) is 10.4 Å². The molecule has 0 spiro atoms. The Labute approximate surface area is 178 Å². The highest BCUT2D eigenvalue weighted by Crippen LogP contribution is 2.21. The van der Waals surface area contributed by atoms with E-state index in [-0.39, 0.29) is 12.5 Å². The molecule has 0 radical (unpaired) electrons. The second-order valence-electron chi connectivity index (χ2n) is 6.91. The maximum atomic E-state index is 12.3. The fourth-order valence-electron chi connectivity index (χ4n) is 3.21. The van der Waals surface area contributed by atoms with Crippen LogP contribution >= 0.6 is 0 Å². The Morgan fingerprint density at radius 2 is 1.77 bits per heavy atom. The van der Waals surface area contributed by atoms with Gasteiger partial charge in [0.2, 0.25) is 11.7 Å². The molecule has 0 unspecified atom stereocenters. The van der Waals surface area contributed by atoms with Crippen LogP contribution in [0.2, 0.25) is 0 Å². The number of hydrogen-bond acceptors (Lipinski definition) is 8. The van der Waals surface area contributed by atoms with Gasteiger partial charge in [0.05, 0.1) is 25.9 Å². The Morgan fingerprint density at radius 1 is 1.06 bits per heavy atom. The average Bonchev–Trinajstić information content (AvgIpc) is 3.28.